The molecule has 0 amide bonds. The van der Waals surface area contributed by atoms with E-state index in [1.807, 2.05) is 6.08 Å². The fourth-order valence-electron chi connectivity index (χ4n) is 5.31. The van der Waals surface area contributed by atoms with Crippen molar-refractivity contribution in [2.75, 3.05) is 6.61 Å². The van der Waals surface area contributed by atoms with Crippen LogP contribution in [0.1, 0.15) is 96.0 Å². The highest BCUT2D eigenvalue weighted by Crippen LogP contribution is 2.59. The number of allylic oxidation sites excluding steroid dienone is 1. The molecular formula is C25H38O. The predicted octanol–water partition coefficient (Wildman–Crippen LogP) is 7.59. The number of hydrogen-bond acceptors (Lipinski definition) is 1. The third-order valence-electron chi connectivity index (χ3n) is 7.25. The van der Waals surface area contributed by atoms with Crippen LogP contribution in [0.25, 0.3) is 0 Å². The molecule has 0 atom stereocenters. The minimum Gasteiger partial charge on any atom is -0.494 e. The lowest BCUT2D eigenvalue weighted by Crippen LogP contribution is -2.44. The molecule has 0 aliphatic heterocycles. The van der Waals surface area contributed by atoms with Gasteiger partial charge in [-0.15, -0.1) is 6.58 Å². The van der Waals surface area contributed by atoms with Gasteiger partial charge in [0.1, 0.15) is 5.75 Å². The number of fused-ring (bicyclic) bond motifs is 3. The smallest absolute Gasteiger partial charge is 0.119 e. The minimum atomic E-state index is 0.467. The molecule has 1 heteroatoms. The molecule has 3 aliphatic carbocycles. The Hall–Kier alpha value is -1.24. The molecule has 4 rings (SSSR count). The van der Waals surface area contributed by atoms with E-state index in [0.29, 0.717) is 10.8 Å². The van der Waals surface area contributed by atoms with Crippen molar-refractivity contribution in [1.82, 2.24) is 0 Å². The molecule has 0 unspecified atom stereocenters. The van der Waals surface area contributed by atoms with Gasteiger partial charge in [-0.05, 0) is 92.7 Å². The van der Waals surface area contributed by atoms with Crippen molar-refractivity contribution in [3.63, 3.8) is 0 Å². The standard InChI is InChI=1S/C25H38O/c1-3-5-7-9-21-26-23-12-10-22(11-13-23)25-18-15-24(16-19-25,17-20-25)14-8-6-4-2/h3,10-13H,1,4-9,14-21H2,2H3. The van der Waals surface area contributed by atoms with Crippen LogP contribution < -0.4 is 4.74 Å². The van der Waals surface area contributed by atoms with Gasteiger partial charge in [-0.3, -0.25) is 0 Å². The van der Waals surface area contributed by atoms with Gasteiger partial charge in [0, 0.05) is 0 Å². The van der Waals surface area contributed by atoms with Crippen LogP contribution in [0.5, 0.6) is 5.75 Å². The minimum absolute atomic E-state index is 0.467. The highest BCUT2D eigenvalue weighted by atomic mass is 16.5. The lowest BCUT2D eigenvalue weighted by Gasteiger charge is -2.54. The van der Waals surface area contributed by atoms with E-state index in [4.69, 9.17) is 4.74 Å². The van der Waals surface area contributed by atoms with Crippen molar-refractivity contribution < 1.29 is 4.74 Å². The SMILES string of the molecule is C=CCCCCOc1ccc(C23CCC(CCCCC)(CC2)CC3)cc1. The fourth-order valence-corrected chi connectivity index (χ4v) is 5.31. The molecule has 0 saturated heterocycles. The maximum atomic E-state index is 5.91. The molecular weight excluding hydrogens is 316 g/mol. The summed E-state index contributed by atoms with van der Waals surface area (Å²) in [6.07, 6.45) is 19.6. The summed E-state index contributed by atoms with van der Waals surface area (Å²) in [6.45, 7) is 6.91. The van der Waals surface area contributed by atoms with E-state index in [1.165, 1.54) is 70.6 Å². The first-order chi connectivity index (χ1) is 12.7. The Morgan fingerprint density at radius 2 is 1.62 bits per heavy atom. The lowest BCUT2D eigenvalue weighted by molar-refractivity contribution is 0.0305. The van der Waals surface area contributed by atoms with Crippen LogP contribution >= 0.6 is 0 Å². The molecule has 1 nitrogen and oxygen atoms in total. The number of ether oxygens (including phenoxy) is 1. The highest BCUT2D eigenvalue weighted by molar-refractivity contribution is 5.34. The van der Waals surface area contributed by atoms with Gasteiger partial charge in [-0.2, -0.15) is 0 Å². The molecule has 144 valence electrons. The van der Waals surface area contributed by atoms with Gasteiger partial charge in [-0.25, -0.2) is 0 Å². The molecule has 1 aromatic rings. The van der Waals surface area contributed by atoms with Crippen LogP contribution in [0.15, 0.2) is 36.9 Å². The predicted molar refractivity (Wildman–Crippen MR) is 112 cm³/mol. The molecule has 0 radical (unpaired) electrons. The van der Waals surface area contributed by atoms with Crippen molar-refractivity contribution in [3.8, 4) is 5.75 Å². The van der Waals surface area contributed by atoms with Gasteiger partial charge in [0.25, 0.3) is 0 Å². The van der Waals surface area contributed by atoms with Crippen LogP contribution in [0, 0.1) is 5.41 Å². The maximum absolute atomic E-state index is 5.91. The number of benzene rings is 1. The van der Waals surface area contributed by atoms with E-state index in [9.17, 15) is 0 Å². The summed E-state index contributed by atoms with van der Waals surface area (Å²) in [7, 11) is 0. The van der Waals surface area contributed by atoms with Crippen molar-refractivity contribution in [2.45, 2.75) is 95.8 Å². The Morgan fingerprint density at radius 3 is 2.23 bits per heavy atom. The van der Waals surface area contributed by atoms with Crippen molar-refractivity contribution in [1.29, 1.82) is 0 Å². The summed E-state index contributed by atoms with van der Waals surface area (Å²) in [5.74, 6) is 1.03. The summed E-state index contributed by atoms with van der Waals surface area (Å²) in [5, 5.41) is 0. The summed E-state index contributed by atoms with van der Waals surface area (Å²) in [4.78, 5) is 0. The van der Waals surface area contributed by atoms with Crippen molar-refractivity contribution >= 4 is 0 Å². The maximum Gasteiger partial charge on any atom is 0.119 e. The van der Waals surface area contributed by atoms with E-state index in [0.717, 1.165) is 25.2 Å². The first kappa shape index (κ1) is 19.5. The van der Waals surface area contributed by atoms with Gasteiger partial charge in [0.2, 0.25) is 0 Å². The second-order valence-corrected chi connectivity index (χ2v) is 8.89. The Kier molecular flexibility index (Phi) is 6.84. The normalized spacial score (nSPS) is 27.4. The van der Waals surface area contributed by atoms with E-state index in [2.05, 4.69) is 37.8 Å². The monoisotopic (exact) mass is 354 g/mol. The van der Waals surface area contributed by atoms with Crippen molar-refractivity contribution in [2.24, 2.45) is 5.41 Å². The largest absolute Gasteiger partial charge is 0.494 e. The third-order valence-corrected chi connectivity index (χ3v) is 7.25. The van der Waals surface area contributed by atoms with Crippen LogP contribution in [0.3, 0.4) is 0 Å². The van der Waals surface area contributed by atoms with Crippen LogP contribution in [0.4, 0.5) is 0 Å². The first-order valence-electron chi connectivity index (χ1n) is 11.1. The Balaban J connectivity index is 1.51. The molecule has 3 fully saturated rings. The number of rotatable bonds is 11. The first-order valence-corrected chi connectivity index (χ1v) is 11.1. The van der Waals surface area contributed by atoms with Gasteiger partial charge in [0.15, 0.2) is 0 Å². The number of hydrogen-bond donors (Lipinski definition) is 0. The van der Waals surface area contributed by atoms with Crippen LogP contribution in [-0.4, -0.2) is 6.61 Å². The zero-order chi connectivity index (χ0) is 18.3. The quantitative estimate of drug-likeness (QED) is 0.294. The van der Waals surface area contributed by atoms with Crippen molar-refractivity contribution in [3.05, 3.63) is 42.5 Å². The summed E-state index contributed by atoms with van der Waals surface area (Å²) in [5.41, 5.74) is 2.74. The molecule has 3 aliphatic rings. The Morgan fingerprint density at radius 1 is 0.923 bits per heavy atom. The average Bonchev–Trinajstić information content (AvgIpc) is 2.70. The third kappa shape index (κ3) is 4.53. The summed E-state index contributed by atoms with van der Waals surface area (Å²) in [6, 6.07) is 9.12. The molecule has 0 aromatic heterocycles. The second-order valence-electron chi connectivity index (χ2n) is 8.89. The van der Waals surface area contributed by atoms with Crippen LogP contribution in [0.2, 0.25) is 0 Å². The van der Waals surface area contributed by atoms with E-state index in [-0.39, 0.29) is 0 Å². The summed E-state index contributed by atoms with van der Waals surface area (Å²) >= 11 is 0. The van der Waals surface area contributed by atoms with Gasteiger partial charge < -0.3 is 4.74 Å². The lowest BCUT2D eigenvalue weighted by atomic mass is 9.51. The molecule has 26 heavy (non-hydrogen) atoms. The average molecular weight is 355 g/mol. The van der Waals surface area contributed by atoms with Gasteiger partial charge in [-0.1, -0.05) is 44.4 Å². The molecule has 0 spiro atoms. The fraction of sp³-hybridized carbons (Fsp3) is 0.680. The Bertz CT molecular complexity index is 531. The second kappa shape index (κ2) is 9.11. The van der Waals surface area contributed by atoms with E-state index >= 15 is 0 Å². The van der Waals surface area contributed by atoms with Gasteiger partial charge in [0.05, 0.1) is 6.61 Å². The highest BCUT2D eigenvalue weighted by Gasteiger charge is 2.48. The zero-order valence-corrected chi connectivity index (χ0v) is 16.9. The zero-order valence-electron chi connectivity index (χ0n) is 16.9. The van der Waals surface area contributed by atoms with Gasteiger partial charge >= 0.3 is 0 Å². The van der Waals surface area contributed by atoms with Crippen LogP contribution in [-0.2, 0) is 5.41 Å². The molecule has 1 aromatic carbocycles. The molecule has 2 bridgehead atoms. The molecule has 0 N–H and O–H groups in total. The van der Waals surface area contributed by atoms with E-state index in [1.54, 1.807) is 5.56 Å². The summed E-state index contributed by atoms with van der Waals surface area (Å²) < 4.78 is 5.91. The topological polar surface area (TPSA) is 9.23 Å². The Labute approximate surface area is 161 Å². The number of unbranched alkanes of at least 4 members (excludes halogenated alkanes) is 4. The molecule has 0 heterocycles. The molecule has 3 saturated carbocycles. The van der Waals surface area contributed by atoms with E-state index < -0.39 is 0 Å².